The van der Waals surface area contributed by atoms with Crippen LogP contribution in [0.5, 0.6) is 0 Å². The van der Waals surface area contributed by atoms with Gasteiger partial charge in [0.2, 0.25) is 0 Å². The van der Waals surface area contributed by atoms with Crippen LogP contribution in [0.15, 0.2) is 24.4 Å². The van der Waals surface area contributed by atoms with Crippen LogP contribution in [0.4, 0.5) is 5.13 Å². The SMILES string of the molecule is NCC#Cc1cnc(NC(=O)c2cc(Cl)ccc2Cl)s1. The molecule has 2 rings (SSSR count). The average molecular weight is 326 g/mol. The number of aromatic nitrogens is 1. The molecule has 0 fully saturated rings. The van der Waals surface area contributed by atoms with E-state index in [1.807, 2.05) is 0 Å². The first-order valence-electron chi connectivity index (χ1n) is 5.51. The molecule has 0 saturated carbocycles. The van der Waals surface area contributed by atoms with Gasteiger partial charge in [-0.05, 0) is 18.2 Å². The molecule has 2 aromatic rings. The maximum Gasteiger partial charge on any atom is 0.259 e. The largest absolute Gasteiger partial charge is 0.320 e. The number of nitrogens with two attached hydrogens (primary N) is 1. The number of halogens is 2. The molecule has 1 aromatic heterocycles. The van der Waals surface area contributed by atoms with Crippen LogP contribution < -0.4 is 11.1 Å². The number of rotatable bonds is 2. The summed E-state index contributed by atoms with van der Waals surface area (Å²) in [5, 5.41) is 3.85. The lowest BCUT2D eigenvalue weighted by molar-refractivity contribution is 0.102. The van der Waals surface area contributed by atoms with Crippen molar-refractivity contribution in [3.05, 3.63) is 44.9 Å². The minimum Gasteiger partial charge on any atom is -0.320 e. The Morgan fingerprint density at radius 3 is 3.00 bits per heavy atom. The fourth-order valence-electron chi connectivity index (χ4n) is 1.36. The standard InChI is InChI=1S/C13H9Cl2N3OS/c14-8-3-4-11(15)10(6-8)12(19)18-13-17-7-9(20-13)2-1-5-16/h3-4,6-7H,5,16H2,(H,17,18,19). The van der Waals surface area contributed by atoms with Crippen LogP contribution >= 0.6 is 34.5 Å². The first kappa shape index (κ1) is 14.8. The van der Waals surface area contributed by atoms with E-state index in [1.165, 1.54) is 17.4 Å². The lowest BCUT2D eigenvalue weighted by Gasteiger charge is -2.04. The molecule has 7 heteroatoms. The predicted octanol–water partition coefficient (Wildman–Crippen LogP) is 3.01. The highest BCUT2D eigenvalue weighted by molar-refractivity contribution is 7.16. The second-order valence-electron chi connectivity index (χ2n) is 3.61. The summed E-state index contributed by atoms with van der Waals surface area (Å²) in [7, 11) is 0. The Labute approximate surface area is 129 Å². The van der Waals surface area contributed by atoms with E-state index in [2.05, 4.69) is 22.1 Å². The van der Waals surface area contributed by atoms with Crippen molar-refractivity contribution in [2.75, 3.05) is 11.9 Å². The number of benzene rings is 1. The molecule has 1 aromatic carbocycles. The summed E-state index contributed by atoms with van der Waals surface area (Å²) < 4.78 is 0. The third kappa shape index (κ3) is 3.71. The van der Waals surface area contributed by atoms with E-state index in [1.54, 1.807) is 18.3 Å². The van der Waals surface area contributed by atoms with Crippen LogP contribution in [-0.4, -0.2) is 17.4 Å². The zero-order valence-electron chi connectivity index (χ0n) is 10.1. The van der Waals surface area contributed by atoms with Gasteiger partial charge in [-0.2, -0.15) is 0 Å². The number of carbonyl (C=O) groups excluding carboxylic acids is 1. The topological polar surface area (TPSA) is 68.0 Å². The Morgan fingerprint density at radius 1 is 1.45 bits per heavy atom. The molecule has 0 unspecified atom stereocenters. The quantitative estimate of drug-likeness (QED) is 0.834. The summed E-state index contributed by atoms with van der Waals surface area (Å²) in [6, 6.07) is 4.69. The van der Waals surface area contributed by atoms with E-state index in [-0.39, 0.29) is 12.5 Å². The van der Waals surface area contributed by atoms with Crippen LogP contribution in [0, 0.1) is 11.8 Å². The number of nitrogens with zero attached hydrogens (tertiary/aromatic N) is 1. The summed E-state index contributed by atoms with van der Waals surface area (Å²) in [5.41, 5.74) is 5.58. The smallest absolute Gasteiger partial charge is 0.259 e. The molecule has 0 saturated heterocycles. The maximum absolute atomic E-state index is 12.1. The van der Waals surface area contributed by atoms with Gasteiger partial charge in [0.05, 0.1) is 28.2 Å². The Morgan fingerprint density at radius 2 is 2.25 bits per heavy atom. The first-order chi connectivity index (χ1) is 9.60. The van der Waals surface area contributed by atoms with Crippen molar-refractivity contribution in [2.45, 2.75) is 0 Å². The highest BCUT2D eigenvalue weighted by atomic mass is 35.5. The van der Waals surface area contributed by atoms with Gasteiger partial charge in [-0.15, -0.1) is 0 Å². The molecule has 0 aliphatic rings. The van der Waals surface area contributed by atoms with E-state index in [4.69, 9.17) is 28.9 Å². The van der Waals surface area contributed by atoms with Gasteiger partial charge in [0, 0.05) is 5.02 Å². The number of hydrogen-bond acceptors (Lipinski definition) is 4. The Kier molecular flexibility index (Phi) is 4.99. The van der Waals surface area contributed by atoms with Gasteiger partial charge < -0.3 is 5.73 Å². The Balaban J connectivity index is 2.15. The van der Waals surface area contributed by atoms with Gasteiger partial charge in [0.25, 0.3) is 5.91 Å². The van der Waals surface area contributed by atoms with Crippen LogP contribution in [0.1, 0.15) is 15.2 Å². The summed E-state index contributed by atoms with van der Waals surface area (Å²) in [5.74, 6) is 5.19. The second kappa shape index (κ2) is 6.73. The Hall–Kier alpha value is -1.58. The number of thiazole rings is 1. The molecular weight excluding hydrogens is 317 g/mol. The average Bonchev–Trinajstić information content (AvgIpc) is 2.86. The van der Waals surface area contributed by atoms with E-state index in [9.17, 15) is 4.79 Å². The van der Waals surface area contributed by atoms with Crippen molar-refractivity contribution in [3.8, 4) is 11.8 Å². The van der Waals surface area contributed by atoms with E-state index in [0.29, 0.717) is 20.7 Å². The fourth-order valence-corrected chi connectivity index (χ4v) is 2.43. The molecule has 4 nitrogen and oxygen atoms in total. The minimum atomic E-state index is -0.370. The van der Waals surface area contributed by atoms with E-state index < -0.39 is 0 Å². The van der Waals surface area contributed by atoms with Crippen molar-refractivity contribution in [1.82, 2.24) is 4.98 Å². The first-order valence-corrected chi connectivity index (χ1v) is 7.08. The van der Waals surface area contributed by atoms with Gasteiger partial charge in [-0.1, -0.05) is 46.4 Å². The third-order valence-corrected chi connectivity index (χ3v) is 3.61. The van der Waals surface area contributed by atoms with Crippen molar-refractivity contribution in [2.24, 2.45) is 5.73 Å². The van der Waals surface area contributed by atoms with E-state index >= 15 is 0 Å². The molecule has 0 aliphatic heterocycles. The fraction of sp³-hybridized carbons (Fsp3) is 0.0769. The molecule has 1 amide bonds. The molecule has 1 heterocycles. The van der Waals surface area contributed by atoms with Crippen molar-refractivity contribution in [3.63, 3.8) is 0 Å². The van der Waals surface area contributed by atoms with Crippen LogP contribution in [0.3, 0.4) is 0 Å². The normalized spacial score (nSPS) is 9.75. The number of nitrogens with one attached hydrogen (secondary N) is 1. The van der Waals surface area contributed by atoms with Gasteiger partial charge in [0.15, 0.2) is 5.13 Å². The van der Waals surface area contributed by atoms with Crippen LogP contribution in [0.25, 0.3) is 0 Å². The Bertz CT molecular complexity index is 703. The van der Waals surface area contributed by atoms with Gasteiger partial charge in [-0.25, -0.2) is 4.98 Å². The molecule has 102 valence electrons. The number of hydrogen-bond donors (Lipinski definition) is 2. The zero-order chi connectivity index (χ0) is 14.5. The summed E-state index contributed by atoms with van der Waals surface area (Å²) >= 11 is 13.1. The van der Waals surface area contributed by atoms with Crippen molar-refractivity contribution in [1.29, 1.82) is 0 Å². The summed E-state index contributed by atoms with van der Waals surface area (Å²) in [6.07, 6.45) is 1.57. The van der Waals surface area contributed by atoms with E-state index in [0.717, 1.165) is 4.88 Å². The maximum atomic E-state index is 12.1. The molecule has 3 N–H and O–H groups in total. The highest BCUT2D eigenvalue weighted by Gasteiger charge is 2.12. The summed E-state index contributed by atoms with van der Waals surface area (Å²) in [4.78, 5) is 16.8. The number of carbonyl (C=O) groups is 1. The van der Waals surface area contributed by atoms with Crippen LogP contribution in [-0.2, 0) is 0 Å². The lowest BCUT2D eigenvalue weighted by atomic mass is 10.2. The molecule has 20 heavy (non-hydrogen) atoms. The second-order valence-corrected chi connectivity index (χ2v) is 5.49. The van der Waals surface area contributed by atoms with Crippen molar-refractivity contribution < 1.29 is 4.79 Å². The zero-order valence-corrected chi connectivity index (χ0v) is 12.4. The van der Waals surface area contributed by atoms with Gasteiger partial charge in [-0.3, -0.25) is 10.1 Å². The lowest BCUT2D eigenvalue weighted by Crippen LogP contribution is -2.12. The molecule has 0 bridgehead atoms. The highest BCUT2D eigenvalue weighted by Crippen LogP contribution is 2.23. The third-order valence-electron chi connectivity index (χ3n) is 2.21. The molecule has 0 aliphatic carbocycles. The van der Waals surface area contributed by atoms with Gasteiger partial charge >= 0.3 is 0 Å². The number of amides is 1. The molecule has 0 spiro atoms. The van der Waals surface area contributed by atoms with Crippen LogP contribution in [0.2, 0.25) is 10.0 Å². The molecule has 0 radical (unpaired) electrons. The minimum absolute atomic E-state index is 0.276. The monoisotopic (exact) mass is 325 g/mol. The van der Waals surface area contributed by atoms with Crippen molar-refractivity contribution >= 4 is 45.6 Å². The molecule has 0 atom stereocenters. The molecular formula is C13H9Cl2N3OS. The summed E-state index contributed by atoms with van der Waals surface area (Å²) in [6.45, 7) is 0.276. The predicted molar refractivity (Wildman–Crippen MR) is 82.5 cm³/mol. The number of anilines is 1. The van der Waals surface area contributed by atoms with Gasteiger partial charge in [0.1, 0.15) is 0 Å².